The average molecular weight is 488 g/mol. The lowest BCUT2D eigenvalue weighted by Crippen LogP contribution is -2.17. The number of hydrogen-bond donors (Lipinski definition) is 1. The monoisotopic (exact) mass is 487 g/mol. The number of ether oxygens (including phenoxy) is 1. The van der Waals surface area contributed by atoms with E-state index < -0.39 is 5.60 Å². The van der Waals surface area contributed by atoms with Crippen molar-refractivity contribution >= 4 is 21.9 Å². The van der Waals surface area contributed by atoms with Gasteiger partial charge in [0.2, 0.25) is 0 Å². The third-order valence-electron chi connectivity index (χ3n) is 6.78. The lowest BCUT2D eigenvalue weighted by atomic mass is 9.99. The summed E-state index contributed by atoms with van der Waals surface area (Å²) in [6.07, 6.45) is 2.37. The second kappa shape index (κ2) is 9.11. The van der Waals surface area contributed by atoms with Gasteiger partial charge in [-0.3, -0.25) is 4.98 Å². The number of aryl methyl sites for hydroxylation is 2. The highest BCUT2D eigenvalue weighted by Gasteiger charge is 2.26. The lowest BCUT2D eigenvalue weighted by Gasteiger charge is -2.23. The molecule has 186 valence electrons. The molecule has 0 bridgehead atoms. The van der Waals surface area contributed by atoms with Crippen molar-refractivity contribution in [1.29, 1.82) is 0 Å². The molecule has 1 N–H and O–H groups in total. The fraction of sp³-hybridized carbons (Fsp3) is 0.321. The van der Waals surface area contributed by atoms with Crippen LogP contribution in [0.3, 0.4) is 0 Å². The molecule has 0 spiro atoms. The first-order valence-corrected chi connectivity index (χ1v) is 12.0. The molecule has 1 atom stereocenters. The third-order valence-corrected chi connectivity index (χ3v) is 6.78. The van der Waals surface area contributed by atoms with Crippen molar-refractivity contribution < 1.29 is 14.2 Å². The Morgan fingerprint density at radius 3 is 2.50 bits per heavy atom. The number of rotatable bonds is 7. The van der Waals surface area contributed by atoms with Gasteiger partial charge in [0.15, 0.2) is 0 Å². The number of hydrogen-bond acceptors (Lipinski definition) is 5. The van der Waals surface area contributed by atoms with Crippen molar-refractivity contribution in [2.24, 2.45) is 7.05 Å². The van der Waals surface area contributed by atoms with E-state index in [4.69, 9.17) is 9.72 Å². The van der Waals surface area contributed by atoms with Gasteiger partial charge >= 0.3 is 0 Å². The molecule has 0 saturated carbocycles. The maximum Gasteiger partial charge on any atom is 0.133 e. The molecule has 0 aliphatic rings. The van der Waals surface area contributed by atoms with Crippen LogP contribution in [-0.4, -0.2) is 43.4 Å². The topological polar surface area (TPSA) is 78.0 Å². The van der Waals surface area contributed by atoms with Crippen molar-refractivity contribution in [3.63, 3.8) is 0 Å². The molecule has 3 heterocycles. The largest absolute Gasteiger partial charge is 0.386 e. The van der Waals surface area contributed by atoms with E-state index in [-0.39, 0.29) is 11.9 Å². The van der Waals surface area contributed by atoms with E-state index in [1.54, 1.807) is 44.9 Å². The summed E-state index contributed by atoms with van der Waals surface area (Å²) in [6.45, 7) is 5.83. The standard InChI is InChI=1S/C28H30FN5O2/c1-17-27(33(4)32-31-17)20-15-24-21(14-22(20)29)26-25(13-19(16-30-26)28(2,3)35)34(24)23(11-12-36-5)18-9-7-6-8-10-18/h6-10,13-16,23,35H,11-12H2,1-5H3/t23-/m1/s1. The molecule has 0 unspecified atom stereocenters. The van der Waals surface area contributed by atoms with Gasteiger partial charge in [-0.1, -0.05) is 35.5 Å². The minimum Gasteiger partial charge on any atom is -0.386 e. The van der Waals surface area contributed by atoms with Gasteiger partial charge in [-0.05, 0) is 51.0 Å². The average Bonchev–Trinajstić information content (AvgIpc) is 3.34. The Morgan fingerprint density at radius 1 is 1.11 bits per heavy atom. The number of aliphatic hydroxyl groups is 1. The molecule has 5 aromatic rings. The van der Waals surface area contributed by atoms with Crippen LogP contribution in [0.2, 0.25) is 0 Å². The number of benzene rings is 2. The van der Waals surface area contributed by atoms with Crippen LogP contribution >= 0.6 is 0 Å². The number of nitrogens with zero attached hydrogens (tertiary/aromatic N) is 5. The molecule has 36 heavy (non-hydrogen) atoms. The molecule has 0 saturated heterocycles. The molecule has 0 aliphatic heterocycles. The van der Waals surface area contributed by atoms with Gasteiger partial charge in [-0.25, -0.2) is 9.07 Å². The van der Waals surface area contributed by atoms with E-state index >= 15 is 4.39 Å². The molecule has 5 rings (SSSR count). The summed E-state index contributed by atoms with van der Waals surface area (Å²) in [4.78, 5) is 4.71. The Bertz CT molecular complexity index is 1530. The normalized spacial score (nSPS) is 13.1. The predicted molar refractivity (Wildman–Crippen MR) is 138 cm³/mol. The number of methoxy groups -OCH3 is 1. The summed E-state index contributed by atoms with van der Waals surface area (Å²) in [6, 6.07) is 15.5. The van der Waals surface area contributed by atoms with Crippen molar-refractivity contribution in [2.75, 3.05) is 13.7 Å². The first kappa shape index (κ1) is 24.1. The summed E-state index contributed by atoms with van der Waals surface area (Å²) in [5, 5.41) is 19.6. The molecule has 0 aliphatic carbocycles. The second-order valence-corrected chi connectivity index (χ2v) is 9.72. The first-order chi connectivity index (χ1) is 17.2. The van der Waals surface area contributed by atoms with Crippen molar-refractivity contribution in [2.45, 2.75) is 38.8 Å². The third kappa shape index (κ3) is 4.06. The van der Waals surface area contributed by atoms with Crippen molar-refractivity contribution in [3.05, 3.63) is 77.4 Å². The number of halogens is 1. The number of pyridine rings is 1. The maximum absolute atomic E-state index is 15.6. The summed E-state index contributed by atoms with van der Waals surface area (Å²) in [5.41, 5.74) is 4.77. The van der Waals surface area contributed by atoms with Crippen molar-refractivity contribution in [3.8, 4) is 11.3 Å². The minimum atomic E-state index is -1.08. The van der Waals surface area contributed by atoms with Gasteiger partial charge in [0, 0.05) is 43.5 Å². The minimum absolute atomic E-state index is 0.103. The van der Waals surface area contributed by atoms with Crippen LogP contribution in [0.25, 0.3) is 33.2 Å². The molecule has 0 amide bonds. The zero-order valence-electron chi connectivity index (χ0n) is 21.2. The number of aromatic nitrogens is 5. The molecule has 2 aromatic carbocycles. The quantitative estimate of drug-likeness (QED) is 0.338. The highest BCUT2D eigenvalue weighted by molar-refractivity contribution is 6.07. The Balaban J connectivity index is 1.89. The van der Waals surface area contributed by atoms with E-state index in [1.165, 1.54) is 0 Å². The summed E-state index contributed by atoms with van der Waals surface area (Å²) in [7, 11) is 3.45. The molecular weight excluding hydrogens is 457 g/mol. The lowest BCUT2D eigenvalue weighted by molar-refractivity contribution is 0.0783. The maximum atomic E-state index is 15.6. The number of fused-ring (bicyclic) bond motifs is 3. The van der Waals surface area contributed by atoms with Crippen LogP contribution in [-0.2, 0) is 17.4 Å². The van der Waals surface area contributed by atoms with Gasteiger partial charge in [-0.15, -0.1) is 5.10 Å². The van der Waals surface area contributed by atoms with Crippen molar-refractivity contribution in [1.82, 2.24) is 24.5 Å². The van der Waals surface area contributed by atoms with E-state index in [2.05, 4.69) is 27.0 Å². The van der Waals surface area contributed by atoms with E-state index in [9.17, 15) is 5.11 Å². The van der Waals surface area contributed by atoms with E-state index in [1.807, 2.05) is 37.3 Å². The van der Waals surface area contributed by atoms with Crippen LogP contribution in [0.1, 0.15) is 43.1 Å². The van der Waals surface area contributed by atoms with Gasteiger partial charge in [0.25, 0.3) is 0 Å². The SMILES string of the molecule is COCC[C@H](c1ccccc1)n1c2cc(-c3c(C)nnn3C)c(F)cc2c2ncc(C(C)(C)O)cc21. The van der Waals surface area contributed by atoms with E-state index in [0.717, 1.165) is 16.6 Å². The van der Waals surface area contributed by atoms with Crippen LogP contribution < -0.4 is 0 Å². The molecule has 7 nitrogen and oxygen atoms in total. The summed E-state index contributed by atoms with van der Waals surface area (Å²) < 4.78 is 24.9. The van der Waals surface area contributed by atoms with Gasteiger partial charge < -0.3 is 14.4 Å². The Hall–Kier alpha value is -3.62. The predicted octanol–water partition coefficient (Wildman–Crippen LogP) is 5.29. The van der Waals surface area contributed by atoms with Gasteiger partial charge in [0.1, 0.15) is 5.82 Å². The smallest absolute Gasteiger partial charge is 0.133 e. The zero-order valence-corrected chi connectivity index (χ0v) is 21.2. The second-order valence-electron chi connectivity index (χ2n) is 9.72. The first-order valence-electron chi connectivity index (χ1n) is 12.0. The fourth-order valence-corrected chi connectivity index (χ4v) is 4.96. The van der Waals surface area contributed by atoms with Crippen LogP contribution in [0, 0.1) is 12.7 Å². The van der Waals surface area contributed by atoms with Crippen LogP contribution in [0.5, 0.6) is 0 Å². The Labute approximate surface area is 209 Å². The molecule has 0 radical (unpaired) electrons. The highest BCUT2D eigenvalue weighted by Crippen LogP contribution is 2.39. The summed E-state index contributed by atoms with van der Waals surface area (Å²) >= 11 is 0. The Morgan fingerprint density at radius 2 is 1.86 bits per heavy atom. The molecule has 0 fully saturated rings. The molecular formula is C28H30FN5O2. The highest BCUT2D eigenvalue weighted by atomic mass is 19.1. The fourth-order valence-electron chi connectivity index (χ4n) is 4.96. The van der Waals surface area contributed by atoms with Gasteiger partial charge in [0.05, 0.1) is 39.6 Å². The summed E-state index contributed by atoms with van der Waals surface area (Å²) in [5.74, 6) is -0.364. The molecule has 3 aromatic heterocycles. The van der Waals surface area contributed by atoms with Crippen LogP contribution in [0.15, 0.2) is 54.7 Å². The van der Waals surface area contributed by atoms with Gasteiger partial charge in [-0.2, -0.15) is 0 Å². The van der Waals surface area contributed by atoms with E-state index in [0.29, 0.717) is 46.4 Å². The Kier molecular flexibility index (Phi) is 6.10. The zero-order chi connectivity index (χ0) is 25.6. The molecule has 8 heteroatoms. The van der Waals surface area contributed by atoms with Crippen LogP contribution in [0.4, 0.5) is 4.39 Å².